The largest absolute Gasteiger partial charge is 0.396 e. The fraction of sp³-hybridized carbons (Fsp3) is 1.00. The highest BCUT2D eigenvalue weighted by Gasteiger charge is 2.21. The number of aliphatic hydroxyl groups is 1. The van der Waals surface area contributed by atoms with Crippen LogP contribution < -0.4 is 0 Å². The Morgan fingerprint density at radius 2 is 1.61 bits per heavy atom. The zero-order valence-corrected chi connectivity index (χ0v) is 12.7. The molecule has 0 fully saturated rings. The van der Waals surface area contributed by atoms with Crippen molar-refractivity contribution in [2.24, 2.45) is 0 Å². The molecule has 0 saturated carbocycles. The second kappa shape index (κ2) is 8.86. The average molecular weight is 262 g/mol. The van der Waals surface area contributed by atoms with Crippen LogP contribution in [-0.4, -0.2) is 48.8 Å². The van der Waals surface area contributed by atoms with Gasteiger partial charge >= 0.3 is 0 Å². The molecule has 0 bridgehead atoms. The lowest BCUT2D eigenvalue weighted by molar-refractivity contribution is -0.126. The quantitative estimate of drug-likeness (QED) is 0.656. The minimum Gasteiger partial charge on any atom is -0.396 e. The first-order valence-electron chi connectivity index (χ1n) is 6.78. The third kappa shape index (κ3) is 9.83. The summed E-state index contributed by atoms with van der Waals surface area (Å²) in [6.07, 6.45) is 0.890. The molecule has 0 amide bonds. The van der Waals surface area contributed by atoms with Crippen LogP contribution in [0.5, 0.6) is 0 Å². The minimum atomic E-state index is -0.328. The molecule has 0 aliphatic carbocycles. The van der Waals surface area contributed by atoms with Gasteiger partial charge < -0.3 is 19.3 Å². The van der Waals surface area contributed by atoms with E-state index in [4.69, 9.17) is 19.3 Å². The van der Waals surface area contributed by atoms with E-state index in [2.05, 4.69) is 0 Å². The summed E-state index contributed by atoms with van der Waals surface area (Å²) in [5.74, 6) is 0. The fourth-order valence-corrected chi connectivity index (χ4v) is 1.47. The summed E-state index contributed by atoms with van der Waals surface area (Å²) >= 11 is 0. The molecule has 0 heterocycles. The normalized spacial score (nSPS) is 14.5. The van der Waals surface area contributed by atoms with E-state index >= 15 is 0 Å². The van der Waals surface area contributed by atoms with Gasteiger partial charge in [0, 0.05) is 6.61 Å². The number of rotatable bonds is 10. The van der Waals surface area contributed by atoms with Crippen molar-refractivity contribution in [3.63, 3.8) is 0 Å². The zero-order chi connectivity index (χ0) is 14.2. The van der Waals surface area contributed by atoms with Crippen LogP contribution in [0, 0.1) is 0 Å². The van der Waals surface area contributed by atoms with E-state index in [1.165, 1.54) is 0 Å². The van der Waals surface area contributed by atoms with Crippen LogP contribution in [-0.2, 0) is 14.2 Å². The summed E-state index contributed by atoms with van der Waals surface area (Å²) in [5.41, 5.74) is -0.328. The van der Waals surface area contributed by atoms with Gasteiger partial charge in [-0.3, -0.25) is 0 Å². The highest BCUT2D eigenvalue weighted by atomic mass is 16.6. The second-order valence-corrected chi connectivity index (χ2v) is 5.73. The van der Waals surface area contributed by atoms with Crippen molar-refractivity contribution in [3.05, 3.63) is 0 Å². The van der Waals surface area contributed by atoms with Gasteiger partial charge in [0.25, 0.3) is 0 Å². The highest BCUT2D eigenvalue weighted by Crippen LogP contribution is 2.15. The van der Waals surface area contributed by atoms with Crippen LogP contribution in [0.1, 0.15) is 48.0 Å². The first-order chi connectivity index (χ1) is 8.26. The molecule has 1 unspecified atom stereocenters. The van der Waals surface area contributed by atoms with E-state index in [9.17, 15) is 0 Å². The second-order valence-electron chi connectivity index (χ2n) is 5.73. The van der Waals surface area contributed by atoms with E-state index in [1.54, 1.807) is 0 Å². The first kappa shape index (κ1) is 17.8. The van der Waals surface area contributed by atoms with Crippen LogP contribution in [0.2, 0.25) is 0 Å². The lowest BCUT2D eigenvalue weighted by atomic mass is 10.1. The maximum absolute atomic E-state index is 8.95. The summed E-state index contributed by atoms with van der Waals surface area (Å²) in [5, 5.41) is 8.95. The van der Waals surface area contributed by atoms with Crippen molar-refractivity contribution < 1.29 is 19.3 Å². The molecule has 1 atom stereocenters. The third-order valence-corrected chi connectivity index (χ3v) is 2.45. The van der Waals surface area contributed by atoms with E-state index in [-0.39, 0.29) is 30.5 Å². The van der Waals surface area contributed by atoms with Gasteiger partial charge in [-0.1, -0.05) is 0 Å². The molecule has 4 nitrogen and oxygen atoms in total. The van der Waals surface area contributed by atoms with Crippen molar-refractivity contribution in [2.75, 3.05) is 19.8 Å². The molecule has 0 saturated heterocycles. The highest BCUT2D eigenvalue weighted by molar-refractivity contribution is 4.69. The van der Waals surface area contributed by atoms with Gasteiger partial charge in [0.15, 0.2) is 0 Å². The van der Waals surface area contributed by atoms with Crippen LogP contribution in [0.4, 0.5) is 0 Å². The molecule has 110 valence electrons. The molecule has 0 aromatic heterocycles. The van der Waals surface area contributed by atoms with Gasteiger partial charge in [0.1, 0.15) is 6.10 Å². The van der Waals surface area contributed by atoms with Gasteiger partial charge in [-0.05, 0) is 48.0 Å². The average Bonchev–Trinajstić information content (AvgIpc) is 2.21. The Kier molecular flexibility index (Phi) is 8.78. The first-order valence-corrected chi connectivity index (χ1v) is 6.78. The topological polar surface area (TPSA) is 47.9 Å². The monoisotopic (exact) mass is 262 g/mol. The SMILES string of the molecule is CC(C)OCC(COC(C)(C)CCO)OC(C)C. The van der Waals surface area contributed by atoms with E-state index in [1.807, 2.05) is 41.5 Å². The molecule has 18 heavy (non-hydrogen) atoms. The lowest BCUT2D eigenvalue weighted by Crippen LogP contribution is -2.35. The molecule has 4 heteroatoms. The maximum Gasteiger partial charge on any atom is 0.104 e. The van der Waals surface area contributed by atoms with Gasteiger partial charge in [0.05, 0.1) is 31.0 Å². The molecule has 0 aromatic rings. The number of ether oxygens (including phenoxy) is 3. The molecular weight excluding hydrogens is 232 g/mol. The van der Waals surface area contributed by atoms with Gasteiger partial charge in [0.2, 0.25) is 0 Å². The Bertz CT molecular complexity index is 202. The van der Waals surface area contributed by atoms with Crippen molar-refractivity contribution in [1.82, 2.24) is 0 Å². The summed E-state index contributed by atoms with van der Waals surface area (Å²) in [4.78, 5) is 0. The molecule has 1 N–H and O–H groups in total. The van der Waals surface area contributed by atoms with Crippen molar-refractivity contribution in [2.45, 2.75) is 71.9 Å². The standard InChI is InChI=1S/C14H30O4/c1-11(2)16-9-13(18-12(3)4)10-17-14(5,6)7-8-15/h11-13,15H,7-10H2,1-6H3. The lowest BCUT2D eigenvalue weighted by Gasteiger charge is -2.28. The smallest absolute Gasteiger partial charge is 0.104 e. The molecule has 0 aromatic carbocycles. The maximum atomic E-state index is 8.95. The molecule has 0 aliphatic rings. The van der Waals surface area contributed by atoms with Crippen molar-refractivity contribution >= 4 is 0 Å². The summed E-state index contributed by atoms with van der Waals surface area (Å²) in [6.45, 7) is 13.1. The van der Waals surface area contributed by atoms with Crippen molar-refractivity contribution in [3.8, 4) is 0 Å². The molecule has 0 spiro atoms. The molecular formula is C14H30O4. The van der Waals surface area contributed by atoms with E-state index < -0.39 is 0 Å². The van der Waals surface area contributed by atoms with E-state index in [0.29, 0.717) is 19.6 Å². The van der Waals surface area contributed by atoms with E-state index in [0.717, 1.165) is 0 Å². The Balaban J connectivity index is 4.14. The Hall–Kier alpha value is -0.160. The summed E-state index contributed by atoms with van der Waals surface area (Å²) < 4.78 is 17.1. The number of hydrogen-bond acceptors (Lipinski definition) is 4. The number of hydrogen-bond donors (Lipinski definition) is 1. The molecule has 0 rings (SSSR count). The summed E-state index contributed by atoms with van der Waals surface area (Å²) in [7, 11) is 0. The van der Waals surface area contributed by atoms with Crippen LogP contribution in [0.25, 0.3) is 0 Å². The van der Waals surface area contributed by atoms with Crippen LogP contribution in [0.15, 0.2) is 0 Å². The Labute approximate surface area is 112 Å². The molecule has 0 aliphatic heterocycles. The number of aliphatic hydroxyl groups excluding tert-OH is 1. The predicted octanol–water partition coefficient (Wildman–Crippen LogP) is 2.38. The summed E-state index contributed by atoms with van der Waals surface area (Å²) in [6, 6.07) is 0. The molecule has 0 radical (unpaired) electrons. The fourth-order valence-electron chi connectivity index (χ4n) is 1.47. The predicted molar refractivity (Wildman–Crippen MR) is 72.8 cm³/mol. The third-order valence-electron chi connectivity index (χ3n) is 2.45. The van der Waals surface area contributed by atoms with Crippen LogP contribution >= 0.6 is 0 Å². The van der Waals surface area contributed by atoms with Gasteiger partial charge in [-0.25, -0.2) is 0 Å². The van der Waals surface area contributed by atoms with Gasteiger partial charge in [-0.2, -0.15) is 0 Å². The van der Waals surface area contributed by atoms with Crippen LogP contribution in [0.3, 0.4) is 0 Å². The zero-order valence-electron chi connectivity index (χ0n) is 12.7. The van der Waals surface area contributed by atoms with Crippen molar-refractivity contribution in [1.29, 1.82) is 0 Å². The van der Waals surface area contributed by atoms with Gasteiger partial charge in [-0.15, -0.1) is 0 Å². The Morgan fingerprint density at radius 3 is 2.06 bits per heavy atom. The Morgan fingerprint density at radius 1 is 1.00 bits per heavy atom. The minimum absolute atomic E-state index is 0.0645.